The summed E-state index contributed by atoms with van der Waals surface area (Å²) < 4.78 is 13.1. The van der Waals surface area contributed by atoms with E-state index in [1.807, 2.05) is 4.90 Å². The Bertz CT molecular complexity index is 446. The van der Waals surface area contributed by atoms with Crippen LogP contribution in [0.5, 0.6) is 0 Å². The van der Waals surface area contributed by atoms with Crippen molar-refractivity contribution in [2.24, 2.45) is 0 Å². The molecule has 1 atom stereocenters. The predicted octanol–water partition coefficient (Wildman–Crippen LogP) is 1.57. The predicted molar refractivity (Wildman–Crippen MR) is 64.8 cm³/mol. The lowest BCUT2D eigenvalue weighted by atomic mass is 10.1. The molecule has 92 valence electrons. The molecule has 0 saturated carbocycles. The lowest BCUT2D eigenvalue weighted by molar-refractivity contribution is 0.0717. The van der Waals surface area contributed by atoms with Gasteiger partial charge in [-0.05, 0) is 36.7 Å². The van der Waals surface area contributed by atoms with E-state index in [1.165, 1.54) is 12.1 Å². The molecule has 1 saturated heterocycles. The molecule has 17 heavy (non-hydrogen) atoms. The van der Waals surface area contributed by atoms with E-state index in [0.29, 0.717) is 12.1 Å². The van der Waals surface area contributed by atoms with Crippen LogP contribution in [0.4, 0.5) is 4.39 Å². The first kappa shape index (κ1) is 12.3. The molecule has 1 aromatic rings. The van der Waals surface area contributed by atoms with Gasteiger partial charge in [-0.25, -0.2) is 4.39 Å². The Morgan fingerprint density at radius 3 is 2.94 bits per heavy atom. The highest BCUT2D eigenvalue weighted by Crippen LogP contribution is 2.26. The van der Waals surface area contributed by atoms with Gasteiger partial charge in [-0.2, -0.15) is 0 Å². The summed E-state index contributed by atoms with van der Waals surface area (Å²) in [4.78, 5) is 13.9. The molecule has 0 spiro atoms. The number of hydrogen-bond acceptors (Lipinski definition) is 2. The summed E-state index contributed by atoms with van der Waals surface area (Å²) in [5, 5.41) is 3.24. The van der Waals surface area contributed by atoms with Crippen LogP contribution in [0.2, 0.25) is 0 Å². The smallest absolute Gasteiger partial charge is 0.254 e. The zero-order valence-corrected chi connectivity index (χ0v) is 10.1. The zero-order valence-electron chi connectivity index (χ0n) is 9.28. The van der Waals surface area contributed by atoms with Crippen LogP contribution in [0.15, 0.2) is 18.2 Å². The summed E-state index contributed by atoms with van der Waals surface area (Å²) in [5.74, 6) is -0.221. The first-order chi connectivity index (χ1) is 7.75. The molecule has 0 unspecified atom stereocenters. The van der Waals surface area contributed by atoms with Crippen LogP contribution < -0.4 is 5.32 Å². The Morgan fingerprint density at radius 1 is 1.41 bits per heavy atom. The molecule has 0 aromatic heterocycles. The topological polar surface area (TPSA) is 32.3 Å². The molecule has 0 radical (unpaired) electrons. The molecule has 2 aliphatic heterocycles. The molecule has 1 amide bonds. The van der Waals surface area contributed by atoms with Crippen LogP contribution in [0.1, 0.15) is 22.3 Å². The first-order valence-electron chi connectivity index (χ1n) is 5.56. The summed E-state index contributed by atoms with van der Waals surface area (Å²) in [6.45, 7) is 2.36. The van der Waals surface area contributed by atoms with Gasteiger partial charge in [0.1, 0.15) is 5.82 Å². The third-order valence-electron chi connectivity index (χ3n) is 3.37. The van der Waals surface area contributed by atoms with Gasteiger partial charge < -0.3 is 10.2 Å². The Morgan fingerprint density at radius 2 is 2.24 bits per heavy atom. The van der Waals surface area contributed by atoms with E-state index in [2.05, 4.69) is 5.32 Å². The molecule has 2 aliphatic rings. The minimum atomic E-state index is -0.266. The molecule has 1 aromatic carbocycles. The van der Waals surface area contributed by atoms with Gasteiger partial charge in [0.05, 0.1) is 0 Å². The fourth-order valence-corrected chi connectivity index (χ4v) is 2.51. The van der Waals surface area contributed by atoms with Crippen molar-refractivity contribution in [2.75, 3.05) is 13.1 Å². The number of halogens is 2. The molecule has 1 fully saturated rings. The molecular formula is C12H14ClFN2O. The maximum atomic E-state index is 13.1. The molecule has 0 bridgehead atoms. The average Bonchev–Trinajstić information content (AvgIpc) is 2.86. The number of hydrogen-bond donors (Lipinski definition) is 1. The quantitative estimate of drug-likeness (QED) is 0.827. The SMILES string of the molecule is Cl.O=C1c2ccc(F)cc2CN1[C@@H]1CCNC1. The van der Waals surface area contributed by atoms with Gasteiger partial charge in [0.25, 0.3) is 5.91 Å². The number of amides is 1. The van der Waals surface area contributed by atoms with E-state index in [-0.39, 0.29) is 30.2 Å². The van der Waals surface area contributed by atoms with Crippen molar-refractivity contribution < 1.29 is 9.18 Å². The monoisotopic (exact) mass is 256 g/mol. The van der Waals surface area contributed by atoms with E-state index >= 15 is 0 Å². The van der Waals surface area contributed by atoms with Crippen molar-refractivity contribution in [1.82, 2.24) is 10.2 Å². The number of nitrogens with zero attached hydrogens (tertiary/aromatic N) is 1. The second-order valence-corrected chi connectivity index (χ2v) is 4.38. The molecule has 1 N–H and O–H groups in total. The van der Waals surface area contributed by atoms with Crippen molar-refractivity contribution in [3.8, 4) is 0 Å². The van der Waals surface area contributed by atoms with Gasteiger partial charge in [0, 0.05) is 24.7 Å². The van der Waals surface area contributed by atoms with Crippen LogP contribution in [0, 0.1) is 5.82 Å². The molecular weight excluding hydrogens is 243 g/mol. The van der Waals surface area contributed by atoms with Gasteiger partial charge in [-0.15, -0.1) is 12.4 Å². The third-order valence-corrected chi connectivity index (χ3v) is 3.37. The molecule has 2 heterocycles. The van der Waals surface area contributed by atoms with Crippen molar-refractivity contribution >= 4 is 18.3 Å². The van der Waals surface area contributed by atoms with Crippen LogP contribution in [-0.4, -0.2) is 29.9 Å². The Hall–Kier alpha value is -1.13. The fraction of sp³-hybridized carbons (Fsp3) is 0.417. The highest BCUT2D eigenvalue weighted by atomic mass is 35.5. The summed E-state index contributed by atoms with van der Waals surface area (Å²) >= 11 is 0. The summed E-state index contributed by atoms with van der Waals surface area (Å²) in [7, 11) is 0. The molecule has 3 nitrogen and oxygen atoms in total. The average molecular weight is 257 g/mol. The van der Waals surface area contributed by atoms with Gasteiger partial charge in [-0.1, -0.05) is 0 Å². The van der Waals surface area contributed by atoms with Crippen molar-refractivity contribution in [2.45, 2.75) is 19.0 Å². The second-order valence-electron chi connectivity index (χ2n) is 4.38. The molecule has 3 rings (SSSR count). The largest absolute Gasteiger partial charge is 0.330 e. The second kappa shape index (κ2) is 4.63. The Labute approximate surface area is 105 Å². The highest BCUT2D eigenvalue weighted by molar-refractivity contribution is 5.98. The molecule has 5 heteroatoms. The first-order valence-corrected chi connectivity index (χ1v) is 5.56. The maximum absolute atomic E-state index is 13.1. The number of fused-ring (bicyclic) bond motifs is 1. The zero-order chi connectivity index (χ0) is 11.1. The number of carbonyl (C=O) groups is 1. The van der Waals surface area contributed by atoms with Crippen LogP contribution >= 0.6 is 12.4 Å². The number of nitrogens with one attached hydrogen (secondary N) is 1. The minimum absolute atomic E-state index is 0. The fourth-order valence-electron chi connectivity index (χ4n) is 2.51. The highest BCUT2D eigenvalue weighted by Gasteiger charge is 2.33. The van der Waals surface area contributed by atoms with Gasteiger partial charge in [0.2, 0.25) is 0 Å². The number of benzene rings is 1. The van der Waals surface area contributed by atoms with Crippen molar-refractivity contribution in [1.29, 1.82) is 0 Å². The van der Waals surface area contributed by atoms with Gasteiger partial charge in [0.15, 0.2) is 0 Å². The van der Waals surface area contributed by atoms with Crippen molar-refractivity contribution in [3.63, 3.8) is 0 Å². The maximum Gasteiger partial charge on any atom is 0.254 e. The number of rotatable bonds is 1. The van der Waals surface area contributed by atoms with Crippen LogP contribution in [0.3, 0.4) is 0 Å². The van der Waals surface area contributed by atoms with Gasteiger partial charge >= 0.3 is 0 Å². The van der Waals surface area contributed by atoms with Crippen molar-refractivity contribution in [3.05, 3.63) is 35.1 Å². The molecule has 0 aliphatic carbocycles. The van der Waals surface area contributed by atoms with E-state index in [9.17, 15) is 9.18 Å². The Kier molecular flexibility index (Phi) is 3.35. The van der Waals surface area contributed by atoms with Crippen LogP contribution in [-0.2, 0) is 6.54 Å². The minimum Gasteiger partial charge on any atom is -0.330 e. The summed E-state index contributed by atoms with van der Waals surface area (Å²) in [6, 6.07) is 4.68. The normalized spacial score (nSPS) is 22.5. The van der Waals surface area contributed by atoms with E-state index in [4.69, 9.17) is 0 Å². The lowest BCUT2D eigenvalue weighted by Crippen LogP contribution is -2.36. The standard InChI is InChI=1S/C12H13FN2O.ClH/c13-9-1-2-11-8(5-9)7-15(12(11)16)10-3-4-14-6-10;/h1-2,5,10,14H,3-4,6-7H2;1H/t10-;/m1./s1. The van der Waals surface area contributed by atoms with E-state index < -0.39 is 0 Å². The summed E-state index contributed by atoms with van der Waals surface area (Å²) in [5.41, 5.74) is 1.48. The lowest BCUT2D eigenvalue weighted by Gasteiger charge is -2.22. The van der Waals surface area contributed by atoms with E-state index in [0.717, 1.165) is 25.1 Å². The Balaban J connectivity index is 0.00000108. The third kappa shape index (κ3) is 2.03. The van der Waals surface area contributed by atoms with Crippen LogP contribution in [0.25, 0.3) is 0 Å². The summed E-state index contributed by atoms with van der Waals surface area (Å²) in [6.07, 6.45) is 0.988. The van der Waals surface area contributed by atoms with Gasteiger partial charge in [-0.3, -0.25) is 4.79 Å². The van der Waals surface area contributed by atoms with E-state index in [1.54, 1.807) is 6.07 Å². The number of carbonyl (C=O) groups excluding carboxylic acids is 1.